The van der Waals surface area contributed by atoms with Crippen molar-refractivity contribution in [2.24, 2.45) is 5.92 Å². The second kappa shape index (κ2) is 6.23. The Hall–Kier alpha value is 0.210. The van der Waals surface area contributed by atoms with Crippen molar-refractivity contribution >= 4 is 11.6 Å². The second-order valence-corrected chi connectivity index (χ2v) is 5.62. The van der Waals surface area contributed by atoms with Crippen molar-refractivity contribution in [1.29, 1.82) is 0 Å². The Kier molecular flexibility index (Phi) is 4.93. The zero-order chi connectivity index (χ0) is 11.4. The number of methoxy groups -OCH3 is 1. The van der Waals surface area contributed by atoms with Gasteiger partial charge in [0.25, 0.3) is 0 Å². The van der Waals surface area contributed by atoms with Gasteiger partial charge in [0.05, 0.1) is 6.10 Å². The molecule has 0 aromatic heterocycles. The highest BCUT2D eigenvalue weighted by Gasteiger charge is 2.29. The molecule has 94 valence electrons. The molecule has 2 aliphatic rings. The molecule has 1 saturated carbocycles. The van der Waals surface area contributed by atoms with Crippen LogP contribution in [0.4, 0.5) is 0 Å². The predicted molar refractivity (Wildman–Crippen MR) is 68.1 cm³/mol. The number of hydrogen-bond acceptors (Lipinski definition) is 2. The lowest BCUT2D eigenvalue weighted by Crippen LogP contribution is -2.45. The van der Waals surface area contributed by atoms with Gasteiger partial charge in [0.15, 0.2) is 0 Å². The number of alkyl halides is 1. The first-order valence-corrected chi connectivity index (χ1v) is 7.19. The summed E-state index contributed by atoms with van der Waals surface area (Å²) in [5.41, 5.74) is 0. The van der Waals surface area contributed by atoms with Crippen molar-refractivity contribution in [1.82, 2.24) is 4.90 Å². The smallest absolute Gasteiger partial charge is 0.0586 e. The monoisotopic (exact) mass is 245 g/mol. The number of hydrogen-bond donors (Lipinski definition) is 0. The average Bonchev–Trinajstić information content (AvgIpc) is 2.39. The molecule has 0 N–H and O–H groups in total. The molecule has 1 saturated heterocycles. The van der Waals surface area contributed by atoms with Crippen LogP contribution in [0, 0.1) is 5.92 Å². The Morgan fingerprint density at radius 2 is 1.94 bits per heavy atom. The van der Waals surface area contributed by atoms with Crippen LogP contribution in [-0.4, -0.2) is 43.1 Å². The van der Waals surface area contributed by atoms with Gasteiger partial charge in [0.1, 0.15) is 0 Å². The normalized spacial score (nSPS) is 34.1. The Morgan fingerprint density at radius 1 is 1.19 bits per heavy atom. The molecule has 1 aliphatic heterocycles. The van der Waals surface area contributed by atoms with Gasteiger partial charge >= 0.3 is 0 Å². The van der Waals surface area contributed by atoms with E-state index in [0.717, 1.165) is 17.8 Å². The number of likely N-dealkylation sites (tertiary alicyclic amines) is 1. The quantitative estimate of drug-likeness (QED) is 0.709. The van der Waals surface area contributed by atoms with E-state index >= 15 is 0 Å². The van der Waals surface area contributed by atoms with Crippen molar-refractivity contribution in [2.75, 3.05) is 26.1 Å². The van der Waals surface area contributed by atoms with E-state index in [1.54, 1.807) is 0 Å². The van der Waals surface area contributed by atoms with Crippen molar-refractivity contribution < 1.29 is 4.74 Å². The summed E-state index contributed by atoms with van der Waals surface area (Å²) >= 11 is 5.92. The fourth-order valence-electron chi connectivity index (χ4n) is 3.14. The highest BCUT2D eigenvalue weighted by molar-refractivity contribution is 6.18. The molecule has 0 radical (unpaired) electrons. The Labute approximate surface area is 104 Å². The number of nitrogens with zero attached hydrogens (tertiary/aromatic N) is 1. The maximum Gasteiger partial charge on any atom is 0.0586 e. The maximum atomic E-state index is 5.92. The minimum atomic E-state index is 0.504. The third-order valence-electron chi connectivity index (χ3n) is 4.32. The second-order valence-electron chi connectivity index (χ2n) is 5.31. The van der Waals surface area contributed by atoms with E-state index in [1.807, 2.05) is 7.11 Å². The third kappa shape index (κ3) is 3.12. The molecule has 2 unspecified atom stereocenters. The first-order valence-electron chi connectivity index (χ1n) is 6.66. The average molecular weight is 246 g/mol. The molecule has 2 fully saturated rings. The summed E-state index contributed by atoms with van der Waals surface area (Å²) < 4.78 is 5.51. The van der Waals surface area contributed by atoms with Gasteiger partial charge < -0.3 is 9.64 Å². The molecule has 0 spiro atoms. The van der Waals surface area contributed by atoms with E-state index in [9.17, 15) is 0 Å². The molecule has 16 heavy (non-hydrogen) atoms. The Balaban J connectivity index is 1.79. The SMILES string of the molecule is COC1CCCC(N2CCC(CCl)CC2)C1. The van der Waals surface area contributed by atoms with E-state index in [0.29, 0.717) is 6.10 Å². The molecule has 2 atom stereocenters. The van der Waals surface area contributed by atoms with Gasteiger partial charge in [0.2, 0.25) is 0 Å². The maximum absolute atomic E-state index is 5.92. The third-order valence-corrected chi connectivity index (χ3v) is 4.75. The molecular formula is C13H24ClNO. The van der Waals surface area contributed by atoms with Gasteiger partial charge in [-0.1, -0.05) is 0 Å². The van der Waals surface area contributed by atoms with E-state index in [1.165, 1.54) is 51.6 Å². The summed E-state index contributed by atoms with van der Waals surface area (Å²) in [4.78, 5) is 2.67. The van der Waals surface area contributed by atoms with Gasteiger partial charge in [-0.05, 0) is 57.5 Å². The van der Waals surface area contributed by atoms with E-state index in [2.05, 4.69) is 4.90 Å². The Bertz CT molecular complexity index is 204. The molecule has 1 heterocycles. The number of piperidine rings is 1. The lowest BCUT2D eigenvalue weighted by molar-refractivity contribution is 0.0188. The predicted octanol–water partition coefficient (Wildman–Crippen LogP) is 2.89. The van der Waals surface area contributed by atoms with Crippen LogP contribution in [-0.2, 0) is 4.74 Å². The van der Waals surface area contributed by atoms with E-state index in [4.69, 9.17) is 16.3 Å². The lowest BCUT2D eigenvalue weighted by Gasteiger charge is -2.40. The molecule has 0 aromatic carbocycles. The van der Waals surface area contributed by atoms with Crippen LogP contribution in [0.3, 0.4) is 0 Å². The topological polar surface area (TPSA) is 12.5 Å². The summed E-state index contributed by atoms with van der Waals surface area (Å²) in [6, 6.07) is 0.773. The van der Waals surface area contributed by atoms with Gasteiger partial charge in [-0.3, -0.25) is 0 Å². The van der Waals surface area contributed by atoms with Crippen LogP contribution in [0.15, 0.2) is 0 Å². The van der Waals surface area contributed by atoms with Gasteiger partial charge in [-0.25, -0.2) is 0 Å². The first kappa shape index (κ1) is 12.7. The summed E-state index contributed by atoms with van der Waals surface area (Å²) in [6.45, 7) is 2.50. The summed E-state index contributed by atoms with van der Waals surface area (Å²) in [7, 11) is 1.85. The molecule has 2 rings (SSSR count). The van der Waals surface area contributed by atoms with E-state index < -0.39 is 0 Å². The van der Waals surface area contributed by atoms with Gasteiger partial charge in [-0.15, -0.1) is 11.6 Å². The molecular weight excluding hydrogens is 222 g/mol. The van der Waals surface area contributed by atoms with Crippen molar-refractivity contribution in [3.63, 3.8) is 0 Å². The first-order chi connectivity index (χ1) is 7.83. The fourth-order valence-corrected chi connectivity index (χ4v) is 3.45. The molecule has 3 heteroatoms. The van der Waals surface area contributed by atoms with Gasteiger partial charge in [-0.2, -0.15) is 0 Å². The van der Waals surface area contributed by atoms with Gasteiger partial charge in [0, 0.05) is 19.0 Å². The van der Waals surface area contributed by atoms with E-state index in [-0.39, 0.29) is 0 Å². The zero-order valence-corrected chi connectivity index (χ0v) is 11.1. The highest BCUT2D eigenvalue weighted by Crippen LogP contribution is 2.28. The van der Waals surface area contributed by atoms with Crippen LogP contribution in [0.25, 0.3) is 0 Å². The van der Waals surface area contributed by atoms with Crippen LogP contribution in [0.5, 0.6) is 0 Å². The molecule has 0 bridgehead atoms. The summed E-state index contributed by atoms with van der Waals surface area (Å²) in [5, 5.41) is 0. The molecule has 1 aliphatic carbocycles. The number of rotatable bonds is 3. The van der Waals surface area contributed by atoms with Crippen molar-refractivity contribution in [3.8, 4) is 0 Å². The summed E-state index contributed by atoms with van der Waals surface area (Å²) in [5.74, 6) is 1.61. The Morgan fingerprint density at radius 3 is 2.56 bits per heavy atom. The molecule has 0 aromatic rings. The fraction of sp³-hybridized carbons (Fsp3) is 1.00. The van der Waals surface area contributed by atoms with Crippen LogP contribution in [0.1, 0.15) is 38.5 Å². The van der Waals surface area contributed by atoms with Crippen LogP contribution < -0.4 is 0 Å². The zero-order valence-electron chi connectivity index (χ0n) is 10.3. The number of halogens is 1. The lowest BCUT2D eigenvalue weighted by atomic mass is 9.89. The summed E-state index contributed by atoms with van der Waals surface area (Å²) in [6.07, 6.45) is 8.27. The largest absolute Gasteiger partial charge is 0.381 e. The minimum absolute atomic E-state index is 0.504. The van der Waals surface area contributed by atoms with Crippen molar-refractivity contribution in [3.05, 3.63) is 0 Å². The standard InChI is InChI=1S/C13H24ClNO/c1-16-13-4-2-3-12(9-13)15-7-5-11(10-14)6-8-15/h11-13H,2-10H2,1H3. The molecule has 2 nitrogen and oxygen atoms in total. The van der Waals surface area contributed by atoms with Crippen LogP contribution in [0.2, 0.25) is 0 Å². The highest BCUT2D eigenvalue weighted by atomic mass is 35.5. The molecule has 0 amide bonds. The van der Waals surface area contributed by atoms with Crippen molar-refractivity contribution in [2.45, 2.75) is 50.7 Å². The number of ether oxygens (including phenoxy) is 1. The van der Waals surface area contributed by atoms with Crippen LogP contribution >= 0.6 is 11.6 Å². The minimum Gasteiger partial charge on any atom is -0.381 e.